The third-order valence-corrected chi connectivity index (χ3v) is 8.68. The molecule has 242 valence electrons. The van der Waals surface area contributed by atoms with Gasteiger partial charge in [0.05, 0.1) is 12.2 Å². The van der Waals surface area contributed by atoms with Gasteiger partial charge in [-0.1, -0.05) is 69.3 Å². The predicted octanol–water partition coefficient (Wildman–Crippen LogP) is 9.14. The summed E-state index contributed by atoms with van der Waals surface area (Å²) in [6.07, 6.45) is 11.4. The fourth-order valence-electron chi connectivity index (χ4n) is 6.07. The van der Waals surface area contributed by atoms with Crippen LogP contribution in [0.5, 0.6) is 11.5 Å². The first-order valence-electron chi connectivity index (χ1n) is 16.2. The minimum atomic E-state index is -0.520. The molecular formula is C40H42N2O5. The minimum absolute atomic E-state index is 0.116. The van der Waals surface area contributed by atoms with Crippen LogP contribution in [0.25, 0.3) is 33.6 Å². The van der Waals surface area contributed by atoms with E-state index in [1.807, 2.05) is 60.9 Å². The summed E-state index contributed by atoms with van der Waals surface area (Å²) in [5.41, 5.74) is 6.37. The fourth-order valence-corrected chi connectivity index (χ4v) is 6.07. The SMILES string of the molecule is C=C(C)C(=O)Oc1ccc(-c2ccc(-c3ccc(OC(=O)C(=C)COC)cc3)cc2)c(-c2ncc(C3CCC(CCC)CC3)cn2)c1. The number of rotatable bonds is 12. The molecule has 5 rings (SSSR count). The molecule has 1 aliphatic rings. The molecule has 0 aliphatic heterocycles. The molecule has 1 fully saturated rings. The molecule has 0 atom stereocenters. The third-order valence-electron chi connectivity index (χ3n) is 8.68. The van der Waals surface area contributed by atoms with E-state index in [0.29, 0.717) is 28.8 Å². The second kappa shape index (κ2) is 15.6. The Kier molecular flexibility index (Phi) is 11.1. The molecule has 0 spiro atoms. The first-order chi connectivity index (χ1) is 22.7. The van der Waals surface area contributed by atoms with Gasteiger partial charge >= 0.3 is 11.9 Å². The molecule has 1 saturated carbocycles. The van der Waals surface area contributed by atoms with Crippen LogP contribution in [0.3, 0.4) is 0 Å². The summed E-state index contributed by atoms with van der Waals surface area (Å²) < 4.78 is 15.9. The molecule has 47 heavy (non-hydrogen) atoms. The summed E-state index contributed by atoms with van der Waals surface area (Å²) in [6, 6.07) is 21.0. The number of nitrogens with zero attached hydrogens (tertiary/aromatic N) is 2. The van der Waals surface area contributed by atoms with Crippen LogP contribution in [0.15, 0.2) is 103 Å². The highest BCUT2D eigenvalue weighted by atomic mass is 16.5. The Hall–Kier alpha value is -4.88. The Morgan fingerprint density at radius 1 is 0.766 bits per heavy atom. The molecule has 1 heterocycles. The Labute approximate surface area is 277 Å². The van der Waals surface area contributed by atoms with Crippen LogP contribution in [-0.4, -0.2) is 35.6 Å². The summed E-state index contributed by atoms with van der Waals surface area (Å²) in [4.78, 5) is 34.1. The number of ether oxygens (including phenoxy) is 3. The van der Waals surface area contributed by atoms with Crippen LogP contribution in [0, 0.1) is 5.92 Å². The zero-order valence-corrected chi connectivity index (χ0v) is 27.5. The summed E-state index contributed by atoms with van der Waals surface area (Å²) in [7, 11) is 1.50. The molecule has 0 amide bonds. The van der Waals surface area contributed by atoms with Crippen molar-refractivity contribution in [3.8, 4) is 45.1 Å². The van der Waals surface area contributed by atoms with Crippen molar-refractivity contribution >= 4 is 11.9 Å². The molecule has 1 aliphatic carbocycles. The summed E-state index contributed by atoms with van der Waals surface area (Å²) >= 11 is 0. The first kappa shape index (κ1) is 33.5. The molecule has 3 aromatic carbocycles. The third kappa shape index (κ3) is 8.48. The van der Waals surface area contributed by atoms with Gasteiger partial charge in [0.1, 0.15) is 11.5 Å². The maximum absolute atomic E-state index is 12.3. The van der Waals surface area contributed by atoms with E-state index in [1.165, 1.54) is 51.2 Å². The van der Waals surface area contributed by atoms with Gasteiger partial charge in [-0.25, -0.2) is 19.6 Å². The van der Waals surface area contributed by atoms with Gasteiger partial charge in [-0.05, 0) is 103 Å². The maximum atomic E-state index is 12.3. The van der Waals surface area contributed by atoms with Gasteiger partial charge in [0.15, 0.2) is 5.82 Å². The molecule has 7 nitrogen and oxygen atoms in total. The minimum Gasteiger partial charge on any atom is -0.423 e. The molecule has 7 heteroatoms. The smallest absolute Gasteiger partial charge is 0.341 e. The second-order valence-corrected chi connectivity index (χ2v) is 12.3. The average molecular weight is 631 g/mol. The van der Waals surface area contributed by atoms with E-state index in [2.05, 4.69) is 20.1 Å². The van der Waals surface area contributed by atoms with E-state index in [9.17, 15) is 9.59 Å². The lowest BCUT2D eigenvalue weighted by atomic mass is 9.78. The Morgan fingerprint density at radius 2 is 1.34 bits per heavy atom. The van der Waals surface area contributed by atoms with E-state index < -0.39 is 11.9 Å². The van der Waals surface area contributed by atoms with Crippen molar-refractivity contribution in [3.05, 3.63) is 109 Å². The lowest BCUT2D eigenvalue weighted by molar-refractivity contribution is -0.131. The van der Waals surface area contributed by atoms with E-state index in [0.717, 1.165) is 33.7 Å². The molecule has 0 radical (unpaired) electrons. The van der Waals surface area contributed by atoms with Crippen molar-refractivity contribution in [3.63, 3.8) is 0 Å². The topological polar surface area (TPSA) is 87.6 Å². The summed E-state index contributed by atoms with van der Waals surface area (Å²) in [5, 5.41) is 0. The highest BCUT2D eigenvalue weighted by molar-refractivity contribution is 5.90. The number of methoxy groups -OCH3 is 1. The van der Waals surface area contributed by atoms with E-state index in [4.69, 9.17) is 24.2 Å². The van der Waals surface area contributed by atoms with Crippen molar-refractivity contribution < 1.29 is 23.8 Å². The zero-order valence-electron chi connectivity index (χ0n) is 27.5. The van der Waals surface area contributed by atoms with Gasteiger partial charge in [-0.3, -0.25) is 0 Å². The number of carbonyl (C=O) groups excluding carboxylic acids is 2. The molecule has 0 N–H and O–H groups in total. The number of esters is 2. The maximum Gasteiger partial charge on any atom is 0.341 e. The number of hydrogen-bond acceptors (Lipinski definition) is 7. The largest absolute Gasteiger partial charge is 0.423 e. The highest BCUT2D eigenvalue weighted by Gasteiger charge is 2.23. The highest BCUT2D eigenvalue weighted by Crippen LogP contribution is 2.39. The standard InChI is InChI=1S/C40H42N2O5/c1-6-7-28-8-10-31(11-9-28)33-23-41-38(42-24-33)37-22-35(47-39(43)26(2)3)20-21-36(37)32-14-12-29(13-15-32)30-16-18-34(19-17-30)46-40(44)27(4)25-45-5/h12-24,28,31H,2,4,6-11,25H2,1,3,5H3. The van der Waals surface area contributed by atoms with Crippen molar-refractivity contribution in [1.82, 2.24) is 9.97 Å². The van der Waals surface area contributed by atoms with Crippen LogP contribution in [0.1, 0.15) is 63.9 Å². The molecule has 0 saturated heterocycles. The van der Waals surface area contributed by atoms with Gasteiger partial charge < -0.3 is 14.2 Å². The predicted molar refractivity (Wildman–Crippen MR) is 185 cm³/mol. The molecule has 0 bridgehead atoms. The lowest BCUT2D eigenvalue weighted by Crippen LogP contribution is -2.13. The number of aromatic nitrogens is 2. The van der Waals surface area contributed by atoms with Gasteiger partial charge in [0, 0.05) is 30.6 Å². The van der Waals surface area contributed by atoms with E-state index in [-0.39, 0.29) is 12.2 Å². The second-order valence-electron chi connectivity index (χ2n) is 12.3. The average Bonchev–Trinajstić information content (AvgIpc) is 3.09. The van der Waals surface area contributed by atoms with Crippen molar-refractivity contribution in [2.75, 3.05) is 13.7 Å². The van der Waals surface area contributed by atoms with Gasteiger partial charge in [-0.15, -0.1) is 0 Å². The number of hydrogen-bond donors (Lipinski definition) is 0. The van der Waals surface area contributed by atoms with Crippen LogP contribution in [0.2, 0.25) is 0 Å². The van der Waals surface area contributed by atoms with Crippen LogP contribution >= 0.6 is 0 Å². The Balaban J connectivity index is 1.38. The Bertz CT molecular complexity index is 1720. The number of carbonyl (C=O) groups is 2. The lowest BCUT2D eigenvalue weighted by Gasteiger charge is -2.28. The van der Waals surface area contributed by atoms with Crippen LogP contribution in [-0.2, 0) is 14.3 Å². The van der Waals surface area contributed by atoms with Gasteiger partial charge in [0.25, 0.3) is 0 Å². The van der Waals surface area contributed by atoms with E-state index in [1.54, 1.807) is 25.1 Å². The summed E-state index contributed by atoms with van der Waals surface area (Å²) in [6.45, 7) is 11.4. The normalized spacial score (nSPS) is 15.9. The van der Waals surface area contributed by atoms with Crippen molar-refractivity contribution in [1.29, 1.82) is 0 Å². The van der Waals surface area contributed by atoms with Gasteiger partial charge in [0.2, 0.25) is 0 Å². The van der Waals surface area contributed by atoms with Crippen molar-refractivity contribution in [2.45, 2.75) is 58.3 Å². The quantitative estimate of drug-likeness (QED) is 0.0876. The molecule has 4 aromatic rings. The van der Waals surface area contributed by atoms with Crippen LogP contribution < -0.4 is 9.47 Å². The number of benzene rings is 3. The fraction of sp³-hybridized carbons (Fsp3) is 0.300. The molecule has 0 unspecified atom stereocenters. The summed E-state index contributed by atoms with van der Waals surface area (Å²) in [5.74, 6) is 1.73. The monoisotopic (exact) mass is 630 g/mol. The zero-order chi connectivity index (χ0) is 33.3. The van der Waals surface area contributed by atoms with E-state index >= 15 is 0 Å². The molecular weight excluding hydrogens is 588 g/mol. The Morgan fingerprint density at radius 3 is 1.94 bits per heavy atom. The van der Waals surface area contributed by atoms with Gasteiger partial charge in [-0.2, -0.15) is 0 Å². The molecule has 1 aromatic heterocycles. The van der Waals surface area contributed by atoms with Crippen LogP contribution in [0.4, 0.5) is 0 Å². The first-order valence-corrected chi connectivity index (χ1v) is 16.2. The van der Waals surface area contributed by atoms with Crippen molar-refractivity contribution in [2.24, 2.45) is 5.92 Å².